The number of rotatable bonds is 4. The van der Waals surface area contributed by atoms with Crippen LogP contribution < -0.4 is 5.32 Å². The Balaban J connectivity index is 2.78. The number of methoxy groups -OCH3 is 1. The molecule has 0 spiro atoms. The van der Waals surface area contributed by atoms with E-state index in [2.05, 4.69) is 5.32 Å². The first-order chi connectivity index (χ1) is 7.51. The van der Waals surface area contributed by atoms with Crippen LogP contribution in [0.15, 0.2) is 24.3 Å². The summed E-state index contributed by atoms with van der Waals surface area (Å²) in [7, 11) is 1.55. The molecule has 0 aliphatic heterocycles. The van der Waals surface area contributed by atoms with Gasteiger partial charge < -0.3 is 10.1 Å². The molecule has 0 aliphatic carbocycles. The van der Waals surface area contributed by atoms with Crippen LogP contribution in [0.2, 0.25) is 0 Å². The summed E-state index contributed by atoms with van der Waals surface area (Å²) in [6.07, 6.45) is 0.640. The van der Waals surface area contributed by atoms with E-state index in [1.54, 1.807) is 14.0 Å². The van der Waals surface area contributed by atoms with Crippen molar-refractivity contribution in [3.63, 3.8) is 0 Å². The monoisotopic (exact) mass is 221 g/mol. The van der Waals surface area contributed by atoms with E-state index in [9.17, 15) is 4.79 Å². The highest BCUT2D eigenvalue weighted by molar-refractivity contribution is 5.97. The van der Waals surface area contributed by atoms with E-state index in [-0.39, 0.29) is 5.91 Å². The first kappa shape index (κ1) is 12.7. The third-order valence-electron chi connectivity index (χ3n) is 2.88. The van der Waals surface area contributed by atoms with Gasteiger partial charge in [-0.2, -0.15) is 0 Å². The normalized spacial score (nSPS) is 14.2. The topological polar surface area (TPSA) is 38.3 Å². The highest BCUT2D eigenvalue weighted by atomic mass is 16.5. The van der Waals surface area contributed by atoms with Crippen LogP contribution in [0.3, 0.4) is 0 Å². The lowest BCUT2D eigenvalue weighted by Gasteiger charge is -2.25. The van der Waals surface area contributed by atoms with Crippen molar-refractivity contribution in [2.45, 2.75) is 32.8 Å². The summed E-state index contributed by atoms with van der Waals surface area (Å²) in [5.74, 6) is -0.108. The van der Waals surface area contributed by atoms with Gasteiger partial charge in [0.2, 0.25) is 0 Å². The molecular formula is C13H19NO2. The highest BCUT2D eigenvalue weighted by Crippen LogP contribution is 2.18. The zero-order valence-corrected chi connectivity index (χ0v) is 10.3. The molecule has 0 bridgehead atoms. The van der Waals surface area contributed by atoms with E-state index in [0.29, 0.717) is 6.42 Å². The molecule has 3 nitrogen and oxygen atoms in total. The molecular weight excluding hydrogens is 202 g/mol. The van der Waals surface area contributed by atoms with Gasteiger partial charge in [-0.25, -0.2) is 0 Å². The van der Waals surface area contributed by atoms with Crippen LogP contribution in [-0.4, -0.2) is 18.6 Å². The molecule has 0 aromatic heterocycles. The van der Waals surface area contributed by atoms with E-state index in [1.807, 2.05) is 38.1 Å². The second kappa shape index (κ2) is 5.12. The standard InChI is InChI=1S/C13H19NO2/c1-5-13(3,16-4)12(15)14-11-8-6-7-10(2)9-11/h6-9H,5H2,1-4H3,(H,14,15). The smallest absolute Gasteiger partial charge is 0.256 e. The SMILES string of the molecule is CCC(C)(OC)C(=O)Nc1cccc(C)c1. The Morgan fingerprint density at radius 2 is 2.19 bits per heavy atom. The number of aryl methyl sites for hydroxylation is 1. The van der Waals surface area contributed by atoms with Crippen LogP contribution in [0.25, 0.3) is 0 Å². The van der Waals surface area contributed by atoms with Crippen molar-refractivity contribution in [3.8, 4) is 0 Å². The predicted octanol–water partition coefficient (Wildman–Crippen LogP) is 2.75. The summed E-state index contributed by atoms with van der Waals surface area (Å²) in [6.45, 7) is 5.71. The number of ether oxygens (including phenoxy) is 1. The lowest BCUT2D eigenvalue weighted by molar-refractivity contribution is -0.136. The molecule has 0 radical (unpaired) electrons. The second-order valence-corrected chi connectivity index (χ2v) is 4.11. The molecule has 88 valence electrons. The van der Waals surface area contributed by atoms with Gasteiger partial charge in [0.1, 0.15) is 5.60 Å². The second-order valence-electron chi connectivity index (χ2n) is 4.11. The zero-order chi connectivity index (χ0) is 12.2. The van der Waals surface area contributed by atoms with Crippen LogP contribution in [0.1, 0.15) is 25.8 Å². The van der Waals surface area contributed by atoms with Crippen LogP contribution >= 0.6 is 0 Å². The largest absolute Gasteiger partial charge is 0.369 e. The van der Waals surface area contributed by atoms with E-state index < -0.39 is 5.60 Å². The first-order valence-electron chi connectivity index (χ1n) is 5.45. The summed E-state index contributed by atoms with van der Waals surface area (Å²) in [4.78, 5) is 12.0. The summed E-state index contributed by atoms with van der Waals surface area (Å²) >= 11 is 0. The van der Waals surface area contributed by atoms with Gasteiger partial charge in [0, 0.05) is 12.8 Å². The maximum Gasteiger partial charge on any atom is 0.256 e. The number of amides is 1. The summed E-state index contributed by atoms with van der Waals surface area (Å²) in [6, 6.07) is 7.71. The molecule has 1 rings (SSSR count). The van der Waals surface area contributed by atoms with Crippen molar-refractivity contribution in [3.05, 3.63) is 29.8 Å². The lowest BCUT2D eigenvalue weighted by Crippen LogP contribution is -2.41. The molecule has 0 saturated heterocycles. The van der Waals surface area contributed by atoms with Gasteiger partial charge in [-0.1, -0.05) is 19.1 Å². The summed E-state index contributed by atoms with van der Waals surface area (Å²) in [5, 5.41) is 2.86. The van der Waals surface area contributed by atoms with Gasteiger partial charge in [0.05, 0.1) is 0 Å². The average Bonchev–Trinajstić information content (AvgIpc) is 2.28. The number of benzene rings is 1. The maximum absolute atomic E-state index is 12.0. The first-order valence-corrected chi connectivity index (χ1v) is 5.45. The Bertz CT molecular complexity index is 370. The van der Waals surface area contributed by atoms with Gasteiger partial charge in [-0.3, -0.25) is 4.79 Å². The Morgan fingerprint density at radius 3 is 2.69 bits per heavy atom. The fourth-order valence-corrected chi connectivity index (χ4v) is 1.38. The highest BCUT2D eigenvalue weighted by Gasteiger charge is 2.30. The predicted molar refractivity (Wildman–Crippen MR) is 65.5 cm³/mol. The molecule has 0 heterocycles. The Morgan fingerprint density at radius 1 is 1.50 bits per heavy atom. The molecule has 1 N–H and O–H groups in total. The van der Waals surface area contributed by atoms with Crippen molar-refractivity contribution in [1.29, 1.82) is 0 Å². The number of anilines is 1. The number of carbonyl (C=O) groups is 1. The van der Waals surface area contributed by atoms with Gasteiger partial charge in [-0.05, 0) is 38.0 Å². The Kier molecular flexibility index (Phi) is 4.07. The molecule has 0 aliphatic rings. The van der Waals surface area contributed by atoms with Crippen LogP contribution in [0.5, 0.6) is 0 Å². The van der Waals surface area contributed by atoms with Gasteiger partial charge in [0.25, 0.3) is 5.91 Å². The van der Waals surface area contributed by atoms with Gasteiger partial charge >= 0.3 is 0 Å². The summed E-state index contributed by atoms with van der Waals surface area (Å²) < 4.78 is 5.24. The lowest BCUT2D eigenvalue weighted by atomic mass is 10.0. The van der Waals surface area contributed by atoms with E-state index >= 15 is 0 Å². The zero-order valence-electron chi connectivity index (χ0n) is 10.3. The Hall–Kier alpha value is -1.35. The minimum absolute atomic E-state index is 0.108. The van der Waals surface area contributed by atoms with E-state index in [4.69, 9.17) is 4.74 Å². The molecule has 0 fully saturated rings. The average molecular weight is 221 g/mol. The van der Waals surface area contributed by atoms with Gasteiger partial charge in [-0.15, -0.1) is 0 Å². The molecule has 16 heavy (non-hydrogen) atoms. The van der Waals surface area contributed by atoms with Crippen molar-refractivity contribution in [1.82, 2.24) is 0 Å². The third kappa shape index (κ3) is 2.83. The summed E-state index contributed by atoms with van der Waals surface area (Å²) in [5.41, 5.74) is 1.17. The fourth-order valence-electron chi connectivity index (χ4n) is 1.38. The maximum atomic E-state index is 12.0. The van der Waals surface area contributed by atoms with E-state index in [1.165, 1.54) is 0 Å². The minimum Gasteiger partial charge on any atom is -0.369 e. The number of hydrogen-bond donors (Lipinski definition) is 1. The molecule has 3 heteroatoms. The molecule has 1 unspecified atom stereocenters. The van der Waals surface area contributed by atoms with Gasteiger partial charge in [0.15, 0.2) is 0 Å². The van der Waals surface area contributed by atoms with Crippen LogP contribution in [-0.2, 0) is 9.53 Å². The number of nitrogens with one attached hydrogen (secondary N) is 1. The quantitative estimate of drug-likeness (QED) is 0.849. The molecule has 1 amide bonds. The molecule has 0 saturated carbocycles. The molecule has 1 aromatic carbocycles. The van der Waals surface area contributed by atoms with E-state index in [0.717, 1.165) is 11.3 Å². The van der Waals surface area contributed by atoms with Crippen molar-refractivity contribution >= 4 is 11.6 Å². The molecule has 1 aromatic rings. The van der Waals surface area contributed by atoms with Crippen LogP contribution in [0, 0.1) is 6.92 Å². The van der Waals surface area contributed by atoms with Crippen molar-refractivity contribution < 1.29 is 9.53 Å². The molecule has 1 atom stereocenters. The number of carbonyl (C=O) groups excluding carboxylic acids is 1. The van der Waals surface area contributed by atoms with Crippen LogP contribution in [0.4, 0.5) is 5.69 Å². The minimum atomic E-state index is -0.760. The number of hydrogen-bond acceptors (Lipinski definition) is 2. The Labute approximate surface area is 96.8 Å². The van der Waals surface area contributed by atoms with Crippen molar-refractivity contribution in [2.24, 2.45) is 0 Å². The third-order valence-corrected chi connectivity index (χ3v) is 2.88. The fraction of sp³-hybridized carbons (Fsp3) is 0.462. The van der Waals surface area contributed by atoms with Crippen molar-refractivity contribution in [2.75, 3.05) is 12.4 Å².